The number of furan rings is 1. The topological polar surface area (TPSA) is 51.8 Å². The van der Waals surface area contributed by atoms with E-state index in [0.29, 0.717) is 17.5 Å². The van der Waals surface area contributed by atoms with E-state index in [2.05, 4.69) is 146 Å². The molecule has 0 saturated heterocycles. The molecule has 10 rings (SSSR count). The number of hydrogen-bond acceptors (Lipinski definition) is 4. The molecule has 2 aromatic heterocycles. The number of hydrogen-bond donors (Lipinski definition) is 0. The fourth-order valence-electron chi connectivity index (χ4n) is 7.26. The lowest BCUT2D eigenvalue weighted by molar-refractivity contribution is 0.673. The molecular formula is C49H31N3O. The smallest absolute Gasteiger partial charge is 0.164 e. The normalized spacial score (nSPS) is 11.4. The van der Waals surface area contributed by atoms with Crippen molar-refractivity contribution in [1.82, 2.24) is 15.0 Å². The van der Waals surface area contributed by atoms with Crippen molar-refractivity contribution in [2.45, 2.75) is 0 Å². The maximum atomic E-state index is 6.62. The molecule has 8 aromatic carbocycles. The maximum absolute atomic E-state index is 6.62. The van der Waals surface area contributed by atoms with Gasteiger partial charge in [0, 0.05) is 32.8 Å². The monoisotopic (exact) mass is 677 g/mol. The van der Waals surface area contributed by atoms with E-state index in [-0.39, 0.29) is 0 Å². The van der Waals surface area contributed by atoms with Gasteiger partial charge in [-0.1, -0.05) is 164 Å². The van der Waals surface area contributed by atoms with E-state index in [0.717, 1.165) is 66.1 Å². The Hall–Kier alpha value is -7.17. The van der Waals surface area contributed by atoms with Crippen LogP contribution >= 0.6 is 0 Å². The van der Waals surface area contributed by atoms with Gasteiger partial charge >= 0.3 is 0 Å². The first-order chi connectivity index (χ1) is 26.2. The fourth-order valence-corrected chi connectivity index (χ4v) is 7.26. The zero-order valence-electron chi connectivity index (χ0n) is 28.6. The molecule has 0 atom stereocenters. The maximum Gasteiger partial charge on any atom is 0.164 e. The molecule has 4 nitrogen and oxygen atoms in total. The van der Waals surface area contributed by atoms with Gasteiger partial charge in [0.1, 0.15) is 11.2 Å². The molecule has 0 aliphatic heterocycles. The third kappa shape index (κ3) is 5.63. The summed E-state index contributed by atoms with van der Waals surface area (Å²) >= 11 is 0. The van der Waals surface area contributed by atoms with Crippen LogP contribution in [-0.2, 0) is 0 Å². The van der Waals surface area contributed by atoms with Crippen LogP contribution in [0.15, 0.2) is 192 Å². The minimum atomic E-state index is 0.611. The van der Waals surface area contributed by atoms with Crippen LogP contribution in [-0.4, -0.2) is 15.0 Å². The number of aromatic nitrogens is 3. The molecule has 2 heterocycles. The Balaban J connectivity index is 1.15. The molecule has 4 heteroatoms. The van der Waals surface area contributed by atoms with Gasteiger partial charge < -0.3 is 4.42 Å². The number of nitrogens with zero attached hydrogens (tertiary/aromatic N) is 3. The Morgan fingerprint density at radius 1 is 0.283 bits per heavy atom. The quantitative estimate of drug-likeness (QED) is 0.176. The van der Waals surface area contributed by atoms with Crippen molar-refractivity contribution >= 4 is 32.7 Å². The molecular weight excluding hydrogens is 647 g/mol. The van der Waals surface area contributed by atoms with Crippen LogP contribution in [0.1, 0.15) is 0 Å². The van der Waals surface area contributed by atoms with Crippen LogP contribution in [0.25, 0.3) is 100 Å². The van der Waals surface area contributed by atoms with Gasteiger partial charge in [-0.2, -0.15) is 0 Å². The molecule has 0 aliphatic rings. The van der Waals surface area contributed by atoms with Crippen LogP contribution in [0.5, 0.6) is 0 Å². The molecule has 0 saturated carbocycles. The summed E-state index contributed by atoms with van der Waals surface area (Å²) in [6.45, 7) is 0. The second kappa shape index (κ2) is 12.9. The van der Waals surface area contributed by atoms with Crippen molar-refractivity contribution in [2.24, 2.45) is 0 Å². The molecule has 0 N–H and O–H groups in total. The van der Waals surface area contributed by atoms with Crippen molar-refractivity contribution in [2.75, 3.05) is 0 Å². The van der Waals surface area contributed by atoms with Crippen LogP contribution < -0.4 is 0 Å². The van der Waals surface area contributed by atoms with Crippen LogP contribution in [0.2, 0.25) is 0 Å². The second-order valence-corrected chi connectivity index (χ2v) is 13.2. The highest BCUT2D eigenvalue weighted by Gasteiger charge is 2.19. The van der Waals surface area contributed by atoms with Crippen LogP contribution in [0, 0.1) is 0 Å². The zero-order valence-corrected chi connectivity index (χ0v) is 28.6. The molecule has 0 radical (unpaired) electrons. The molecule has 0 aliphatic carbocycles. The summed E-state index contributed by atoms with van der Waals surface area (Å²) in [7, 11) is 0. The van der Waals surface area contributed by atoms with Crippen LogP contribution in [0.4, 0.5) is 0 Å². The lowest BCUT2D eigenvalue weighted by Crippen LogP contribution is -2.00. The molecule has 0 bridgehead atoms. The molecule has 0 fully saturated rings. The summed E-state index contributed by atoms with van der Waals surface area (Å²) in [4.78, 5) is 15.3. The Morgan fingerprint density at radius 3 is 1.42 bits per heavy atom. The highest BCUT2D eigenvalue weighted by Crippen LogP contribution is 2.41. The van der Waals surface area contributed by atoms with Gasteiger partial charge in [-0.15, -0.1) is 0 Å². The van der Waals surface area contributed by atoms with Crippen molar-refractivity contribution in [3.63, 3.8) is 0 Å². The van der Waals surface area contributed by atoms with E-state index in [9.17, 15) is 0 Å². The zero-order chi connectivity index (χ0) is 35.1. The summed E-state index contributed by atoms with van der Waals surface area (Å²) in [5.74, 6) is 1.86. The number of benzene rings is 8. The van der Waals surface area contributed by atoms with E-state index in [1.165, 1.54) is 16.7 Å². The first-order valence-corrected chi connectivity index (χ1v) is 17.8. The van der Waals surface area contributed by atoms with E-state index in [1.807, 2.05) is 42.5 Å². The van der Waals surface area contributed by atoms with Crippen molar-refractivity contribution in [3.05, 3.63) is 188 Å². The van der Waals surface area contributed by atoms with Crippen molar-refractivity contribution in [3.8, 4) is 67.5 Å². The van der Waals surface area contributed by atoms with E-state index < -0.39 is 0 Å². The third-order valence-electron chi connectivity index (χ3n) is 9.94. The summed E-state index contributed by atoms with van der Waals surface area (Å²) in [6.07, 6.45) is 0. The van der Waals surface area contributed by atoms with E-state index in [1.54, 1.807) is 0 Å². The van der Waals surface area contributed by atoms with Crippen molar-refractivity contribution in [1.29, 1.82) is 0 Å². The van der Waals surface area contributed by atoms with Crippen molar-refractivity contribution < 1.29 is 4.42 Å². The Morgan fingerprint density at radius 2 is 0.736 bits per heavy atom. The third-order valence-corrected chi connectivity index (χ3v) is 9.94. The highest BCUT2D eigenvalue weighted by atomic mass is 16.3. The summed E-state index contributed by atoms with van der Waals surface area (Å²) < 4.78 is 6.62. The number of fused-ring (bicyclic) bond motifs is 5. The lowest BCUT2D eigenvalue weighted by atomic mass is 9.96. The molecule has 0 unspecified atom stereocenters. The number of rotatable bonds is 6. The molecule has 10 aromatic rings. The SMILES string of the molecule is c1ccc(-c2ccc(-c3nc(-c4ccccc4)nc(-c4cc5c6cc(-c7cccc(-c8ccccc8)c7)ccc6oc5c5ccccc45)n3)cc2)cc1. The van der Waals surface area contributed by atoms with Gasteiger partial charge in [-0.25, -0.2) is 15.0 Å². The first kappa shape index (κ1) is 30.6. The molecule has 0 amide bonds. The summed E-state index contributed by atoms with van der Waals surface area (Å²) in [5.41, 5.74) is 11.4. The highest BCUT2D eigenvalue weighted by molar-refractivity contribution is 6.19. The standard InChI is InChI=1S/C49H31N3O/c1-4-13-32(14-5-1)34-23-25-36(26-24-34)48-50-47(35-17-8-3-9-18-35)51-49(52-48)44-31-43-42-30-39(38-20-12-19-37(29-38)33-15-6-2-7-16-33)27-28-45(42)53-46(43)41-22-11-10-21-40(41)44/h1-31H. The first-order valence-electron chi connectivity index (χ1n) is 17.8. The average molecular weight is 678 g/mol. The van der Waals surface area contributed by atoms with Gasteiger partial charge in [-0.3, -0.25) is 0 Å². The van der Waals surface area contributed by atoms with E-state index in [4.69, 9.17) is 19.4 Å². The van der Waals surface area contributed by atoms with Gasteiger partial charge in [0.05, 0.1) is 0 Å². The lowest BCUT2D eigenvalue weighted by Gasteiger charge is -2.11. The van der Waals surface area contributed by atoms with Crippen LogP contribution in [0.3, 0.4) is 0 Å². The predicted molar refractivity (Wildman–Crippen MR) is 217 cm³/mol. The molecule has 248 valence electrons. The molecule has 0 spiro atoms. The van der Waals surface area contributed by atoms with Gasteiger partial charge in [0.2, 0.25) is 0 Å². The average Bonchev–Trinajstić information content (AvgIpc) is 3.62. The summed E-state index contributed by atoms with van der Waals surface area (Å²) in [6, 6.07) is 65.2. The Labute approximate surface area is 306 Å². The van der Waals surface area contributed by atoms with Gasteiger partial charge in [-0.05, 0) is 63.0 Å². The molecule has 53 heavy (non-hydrogen) atoms. The largest absolute Gasteiger partial charge is 0.455 e. The predicted octanol–water partition coefficient (Wildman–Crippen LogP) is 12.9. The minimum Gasteiger partial charge on any atom is -0.455 e. The summed E-state index contributed by atoms with van der Waals surface area (Å²) in [5, 5.41) is 4.10. The Bertz CT molecular complexity index is 2920. The fraction of sp³-hybridized carbons (Fsp3) is 0. The van der Waals surface area contributed by atoms with Gasteiger partial charge in [0.15, 0.2) is 17.5 Å². The second-order valence-electron chi connectivity index (χ2n) is 13.2. The van der Waals surface area contributed by atoms with Gasteiger partial charge in [0.25, 0.3) is 0 Å². The minimum absolute atomic E-state index is 0.611. The Kier molecular flexibility index (Phi) is 7.43. The van der Waals surface area contributed by atoms with E-state index >= 15 is 0 Å².